The first-order chi connectivity index (χ1) is 20.5. The summed E-state index contributed by atoms with van der Waals surface area (Å²) in [5.41, 5.74) is -1.57. The standard InChI is InChI=1S/C29H25F4N5O3S2/c1-2-19(39)36-8-10-37(11-9-36)25-16-12-17(29(31,32)33)20(15-4-5-18(30)23-21(15)34-27(41)43-23)24-22(16)38(26(40)35-25)13-28(14-42-24)6-3-7-28/h2,4-5,12H,1,3,6-11,13-14H2,(H,34,41). The van der Waals surface area contributed by atoms with Crippen molar-refractivity contribution in [2.75, 3.05) is 36.8 Å². The average molecular weight is 632 g/mol. The SMILES string of the molecule is C=CC(=O)N1CCN(c2nc(=O)n3c4c(c(-c5ccc(F)c6sc(=O)[nH]c56)c(C(F)(F)F)cc24)SCC2(CCC2)C3)CC1. The first kappa shape index (κ1) is 28.1. The molecule has 0 unspecified atom stereocenters. The third-order valence-electron chi connectivity index (χ3n) is 8.80. The van der Waals surface area contributed by atoms with Crippen LogP contribution in [-0.4, -0.2) is 57.3 Å². The molecule has 224 valence electrons. The van der Waals surface area contributed by atoms with Crippen LogP contribution in [0.4, 0.5) is 23.4 Å². The van der Waals surface area contributed by atoms with Crippen LogP contribution in [0.15, 0.2) is 45.3 Å². The number of carbonyl (C=O) groups is 1. The van der Waals surface area contributed by atoms with E-state index >= 15 is 13.2 Å². The van der Waals surface area contributed by atoms with Crippen molar-refractivity contribution in [2.45, 2.75) is 36.9 Å². The van der Waals surface area contributed by atoms with Gasteiger partial charge in [0, 0.05) is 59.9 Å². The lowest BCUT2D eigenvalue weighted by Gasteiger charge is -2.41. The zero-order chi connectivity index (χ0) is 30.3. The fourth-order valence-electron chi connectivity index (χ4n) is 6.48. The lowest BCUT2D eigenvalue weighted by molar-refractivity contribution is -0.137. The van der Waals surface area contributed by atoms with Crippen molar-refractivity contribution in [3.05, 3.63) is 62.4 Å². The van der Waals surface area contributed by atoms with Crippen LogP contribution in [-0.2, 0) is 17.5 Å². The number of amides is 1. The van der Waals surface area contributed by atoms with E-state index in [-0.39, 0.29) is 61.9 Å². The largest absolute Gasteiger partial charge is 0.417 e. The molecule has 1 amide bonds. The van der Waals surface area contributed by atoms with Gasteiger partial charge in [0.1, 0.15) is 11.6 Å². The number of nitrogens with zero attached hydrogens (tertiary/aromatic N) is 4. The summed E-state index contributed by atoms with van der Waals surface area (Å²) < 4.78 is 61.3. The number of thiazole rings is 1. The number of carbonyl (C=O) groups excluding carboxylic acids is 1. The maximum Gasteiger partial charge on any atom is 0.417 e. The minimum atomic E-state index is -4.83. The summed E-state index contributed by atoms with van der Waals surface area (Å²) in [4.78, 5) is 48.0. The van der Waals surface area contributed by atoms with Gasteiger partial charge >= 0.3 is 16.7 Å². The van der Waals surface area contributed by atoms with Crippen LogP contribution in [0, 0.1) is 11.2 Å². The van der Waals surface area contributed by atoms with E-state index < -0.39 is 28.1 Å². The number of nitrogens with one attached hydrogen (secondary N) is 1. The van der Waals surface area contributed by atoms with Crippen molar-refractivity contribution in [1.82, 2.24) is 19.4 Å². The third kappa shape index (κ3) is 4.48. The number of aromatic amines is 1. The number of thioether (sulfide) groups is 1. The van der Waals surface area contributed by atoms with E-state index in [1.807, 2.05) is 0 Å². The summed E-state index contributed by atoms with van der Waals surface area (Å²) in [6.45, 7) is 4.98. The van der Waals surface area contributed by atoms with E-state index in [4.69, 9.17) is 0 Å². The van der Waals surface area contributed by atoms with Crippen LogP contribution in [0.25, 0.3) is 32.2 Å². The zero-order valence-corrected chi connectivity index (χ0v) is 24.4. The number of hydrogen-bond donors (Lipinski definition) is 1. The second-order valence-corrected chi connectivity index (χ2v) is 13.3. The maximum atomic E-state index is 15.0. The number of anilines is 1. The first-order valence-corrected chi connectivity index (χ1v) is 15.6. The minimum Gasteiger partial charge on any atom is -0.352 e. The molecule has 1 saturated heterocycles. The van der Waals surface area contributed by atoms with E-state index in [9.17, 15) is 18.8 Å². The molecule has 1 saturated carbocycles. The van der Waals surface area contributed by atoms with Gasteiger partial charge in [-0.15, -0.1) is 11.8 Å². The van der Waals surface area contributed by atoms with E-state index in [2.05, 4.69) is 16.5 Å². The molecular weight excluding hydrogens is 606 g/mol. The molecule has 1 N–H and O–H groups in total. The van der Waals surface area contributed by atoms with Crippen LogP contribution >= 0.6 is 23.1 Å². The molecule has 1 spiro atoms. The summed E-state index contributed by atoms with van der Waals surface area (Å²) in [6.07, 6.45) is -0.981. The summed E-state index contributed by atoms with van der Waals surface area (Å²) >= 11 is 1.87. The summed E-state index contributed by atoms with van der Waals surface area (Å²) in [5, 5.41) is 0.190. The molecule has 14 heteroatoms. The monoisotopic (exact) mass is 631 g/mol. The Hall–Kier alpha value is -3.65. The fraction of sp³-hybridized carbons (Fsp3) is 0.379. The Kier molecular flexibility index (Phi) is 6.51. The highest BCUT2D eigenvalue weighted by Gasteiger charge is 2.43. The van der Waals surface area contributed by atoms with Crippen molar-refractivity contribution in [1.29, 1.82) is 0 Å². The highest BCUT2D eigenvalue weighted by molar-refractivity contribution is 7.99. The predicted octanol–water partition coefficient (Wildman–Crippen LogP) is 5.24. The molecule has 8 nitrogen and oxygen atoms in total. The highest BCUT2D eigenvalue weighted by atomic mass is 32.2. The number of halogens is 4. The van der Waals surface area contributed by atoms with Gasteiger partial charge in [-0.3, -0.25) is 14.2 Å². The number of piperazine rings is 1. The Labute approximate surface area is 250 Å². The average Bonchev–Trinajstić information content (AvgIpc) is 3.25. The van der Waals surface area contributed by atoms with Gasteiger partial charge in [0.2, 0.25) is 5.91 Å². The molecule has 2 aliphatic heterocycles. The molecule has 1 aliphatic carbocycles. The van der Waals surface area contributed by atoms with Crippen LogP contribution in [0.2, 0.25) is 0 Å². The van der Waals surface area contributed by atoms with Gasteiger partial charge in [0.05, 0.1) is 21.3 Å². The number of hydrogen-bond acceptors (Lipinski definition) is 7. The van der Waals surface area contributed by atoms with Crippen molar-refractivity contribution in [3.63, 3.8) is 0 Å². The molecule has 0 radical (unpaired) electrons. The van der Waals surface area contributed by atoms with E-state index in [1.165, 1.54) is 28.5 Å². The molecule has 43 heavy (non-hydrogen) atoms. The lowest BCUT2D eigenvalue weighted by Crippen LogP contribution is -2.49. The van der Waals surface area contributed by atoms with Crippen molar-refractivity contribution < 1.29 is 22.4 Å². The number of fused-ring (bicyclic) bond motifs is 1. The van der Waals surface area contributed by atoms with Gasteiger partial charge in [-0.05, 0) is 42.5 Å². The van der Waals surface area contributed by atoms with Crippen molar-refractivity contribution >= 4 is 55.9 Å². The van der Waals surface area contributed by atoms with E-state index in [0.717, 1.165) is 31.4 Å². The van der Waals surface area contributed by atoms with Gasteiger partial charge in [0.15, 0.2) is 0 Å². The number of alkyl halides is 3. The minimum absolute atomic E-state index is 0.00881. The predicted molar refractivity (Wildman–Crippen MR) is 158 cm³/mol. The fourth-order valence-corrected chi connectivity index (χ4v) is 8.79. The van der Waals surface area contributed by atoms with Crippen LogP contribution in [0.1, 0.15) is 24.8 Å². The number of aromatic nitrogens is 3. The van der Waals surface area contributed by atoms with Gasteiger partial charge in [-0.2, -0.15) is 18.2 Å². The van der Waals surface area contributed by atoms with Gasteiger partial charge in [0.25, 0.3) is 0 Å². The highest BCUT2D eigenvalue weighted by Crippen LogP contribution is 2.54. The quantitative estimate of drug-likeness (QED) is 0.246. The number of H-pyrrole nitrogens is 1. The second kappa shape index (κ2) is 9.94. The Bertz CT molecular complexity index is 1950. The van der Waals surface area contributed by atoms with Crippen LogP contribution in [0.3, 0.4) is 0 Å². The Balaban J connectivity index is 1.53. The Morgan fingerprint density at radius 1 is 1.14 bits per heavy atom. The molecule has 4 aromatic rings. The lowest BCUT2D eigenvalue weighted by atomic mass is 9.70. The second-order valence-electron chi connectivity index (χ2n) is 11.3. The third-order valence-corrected chi connectivity index (χ3v) is 11.1. The van der Waals surface area contributed by atoms with Crippen LogP contribution in [0.5, 0.6) is 0 Å². The summed E-state index contributed by atoms with van der Waals surface area (Å²) in [7, 11) is 0. The number of rotatable bonds is 3. The Morgan fingerprint density at radius 2 is 1.88 bits per heavy atom. The molecule has 2 fully saturated rings. The topological polar surface area (TPSA) is 91.3 Å². The van der Waals surface area contributed by atoms with E-state index in [1.54, 1.807) is 9.80 Å². The van der Waals surface area contributed by atoms with Gasteiger partial charge in [-0.1, -0.05) is 24.3 Å². The maximum absolute atomic E-state index is 15.0. The molecule has 0 bridgehead atoms. The zero-order valence-electron chi connectivity index (χ0n) is 22.7. The summed E-state index contributed by atoms with van der Waals surface area (Å²) in [5.74, 6) is -0.316. The molecule has 2 aromatic heterocycles. The van der Waals surface area contributed by atoms with Crippen molar-refractivity contribution in [3.8, 4) is 11.1 Å². The van der Waals surface area contributed by atoms with E-state index in [0.29, 0.717) is 42.2 Å². The van der Waals surface area contributed by atoms with Gasteiger partial charge in [-0.25, -0.2) is 9.18 Å². The molecule has 7 rings (SSSR count). The van der Waals surface area contributed by atoms with Gasteiger partial charge < -0.3 is 14.8 Å². The molecule has 3 aliphatic rings. The molecule has 0 atom stereocenters. The Morgan fingerprint density at radius 3 is 2.53 bits per heavy atom. The first-order valence-electron chi connectivity index (χ1n) is 13.8. The van der Waals surface area contributed by atoms with Crippen LogP contribution < -0.4 is 15.5 Å². The smallest absolute Gasteiger partial charge is 0.352 e. The normalized spacial score (nSPS) is 18.2. The summed E-state index contributed by atoms with van der Waals surface area (Å²) in [6, 6.07) is 3.37. The molecule has 2 aromatic carbocycles. The van der Waals surface area contributed by atoms with Crippen molar-refractivity contribution in [2.24, 2.45) is 5.41 Å². The molecule has 4 heterocycles. The number of benzene rings is 2. The molecular formula is C29H25F4N5O3S2.